The van der Waals surface area contributed by atoms with Gasteiger partial charge in [-0.3, -0.25) is 5.84 Å². The molecule has 0 unspecified atom stereocenters. The Kier molecular flexibility index (Phi) is 3.71. The van der Waals surface area contributed by atoms with Gasteiger partial charge in [-0.15, -0.1) is 12.4 Å². The molecule has 0 saturated heterocycles. The van der Waals surface area contributed by atoms with Gasteiger partial charge in [0.2, 0.25) is 0 Å². The molecule has 0 heterocycles. The van der Waals surface area contributed by atoms with Crippen LogP contribution >= 0.6 is 12.4 Å². The Morgan fingerprint density at radius 2 is 2.09 bits per heavy atom. The molecule has 0 amide bonds. The van der Waals surface area contributed by atoms with E-state index in [1.807, 2.05) is 6.92 Å². The van der Waals surface area contributed by atoms with Crippen molar-refractivity contribution in [1.82, 2.24) is 0 Å². The molecule has 0 radical (unpaired) electrons. The van der Waals surface area contributed by atoms with Crippen molar-refractivity contribution in [3.8, 4) is 5.75 Å². The summed E-state index contributed by atoms with van der Waals surface area (Å²) in [7, 11) is 0. The number of aryl methyl sites for hydroxylation is 1. The Balaban J connectivity index is 0.000001000. The quantitative estimate of drug-likeness (QED) is 0.446. The number of phenols is 1. The zero-order chi connectivity index (χ0) is 7.56. The molecule has 3 nitrogen and oxygen atoms in total. The van der Waals surface area contributed by atoms with Gasteiger partial charge in [0, 0.05) is 6.07 Å². The number of benzene rings is 1. The van der Waals surface area contributed by atoms with E-state index in [0.717, 1.165) is 11.3 Å². The van der Waals surface area contributed by atoms with Crippen molar-refractivity contribution in [3.63, 3.8) is 0 Å². The second kappa shape index (κ2) is 4.05. The lowest BCUT2D eigenvalue weighted by molar-refractivity contribution is 0.475. The average Bonchev–Trinajstić information content (AvgIpc) is 1.94. The van der Waals surface area contributed by atoms with Crippen LogP contribution in [0.25, 0.3) is 0 Å². The monoisotopic (exact) mass is 174 g/mol. The highest BCUT2D eigenvalue weighted by Gasteiger charge is 1.95. The van der Waals surface area contributed by atoms with Gasteiger partial charge in [0.05, 0.1) is 5.69 Å². The van der Waals surface area contributed by atoms with E-state index in [0.29, 0.717) is 0 Å². The molecule has 0 saturated carbocycles. The van der Waals surface area contributed by atoms with Gasteiger partial charge in [-0.25, -0.2) is 0 Å². The Hall–Kier alpha value is -0.930. The van der Waals surface area contributed by atoms with Crippen molar-refractivity contribution in [2.45, 2.75) is 6.92 Å². The third-order valence-corrected chi connectivity index (χ3v) is 1.38. The van der Waals surface area contributed by atoms with Crippen LogP contribution in [0.15, 0.2) is 18.2 Å². The van der Waals surface area contributed by atoms with Gasteiger partial charge in [-0.2, -0.15) is 0 Å². The van der Waals surface area contributed by atoms with Gasteiger partial charge in [0.25, 0.3) is 0 Å². The predicted octanol–water partition coefficient (Wildman–Crippen LogP) is 1.41. The van der Waals surface area contributed by atoms with E-state index in [1.165, 1.54) is 0 Å². The number of nitrogens with one attached hydrogen (secondary N) is 1. The number of halogens is 1. The van der Waals surface area contributed by atoms with E-state index in [2.05, 4.69) is 5.43 Å². The van der Waals surface area contributed by atoms with E-state index >= 15 is 0 Å². The van der Waals surface area contributed by atoms with E-state index in [4.69, 9.17) is 10.9 Å². The molecule has 4 heteroatoms. The normalized spacial score (nSPS) is 8.55. The van der Waals surface area contributed by atoms with Crippen LogP contribution < -0.4 is 11.3 Å². The number of phenolic OH excluding ortho intramolecular Hbond substituents is 1. The molecule has 0 aliphatic rings. The lowest BCUT2D eigenvalue weighted by Crippen LogP contribution is -2.07. The minimum Gasteiger partial charge on any atom is -0.508 e. The number of hydrogen-bond acceptors (Lipinski definition) is 3. The molecule has 0 bridgehead atoms. The lowest BCUT2D eigenvalue weighted by Gasteiger charge is -2.03. The summed E-state index contributed by atoms with van der Waals surface area (Å²) in [5, 5.41) is 8.97. The van der Waals surface area contributed by atoms with E-state index in [-0.39, 0.29) is 18.2 Å². The molecule has 0 spiro atoms. The van der Waals surface area contributed by atoms with Gasteiger partial charge in [0.1, 0.15) is 5.75 Å². The maximum absolute atomic E-state index is 8.97. The molecule has 11 heavy (non-hydrogen) atoms. The smallest absolute Gasteiger partial charge is 0.117 e. The van der Waals surface area contributed by atoms with Crippen molar-refractivity contribution in [3.05, 3.63) is 23.8 Å². The number of nitrogen functional groups attached to an aromatic ring is 1. The Morgan fingerprint density at radius 1 is 1.45 bits per heavy atom. The molecule has 62 valence electrons. The SMILES string of the molecule is Cc1ccc(O)cc1NN.Cl. The Labute approximate surface area is 71.6 Å². The lowest BCUT2D eigenvalue weighted by atomic mass is 10.2. The summed E-state index contributed by atoms with van der Waals surface area (Å²) in [6.07, 6.45) is 0. The van der Waals surface area contributed by atoms with Crippen LogP contribution in [0.3, 0.4) is 0 Å². The van der Waals surface area contributed by atoms with Gasteiger partial charge in [0.15, 0.2) is 0 Å². The van der Waals surface area contributed by atoms with Crippen molar-refractivity contribution < 1.29 is 5.11 Å². The van der Waals surface area contributed by atoms with Crippen LogP contribution in [0, 0.1) is 6.92 Å². The van der Waals surface area contributed by atoms with Crippen molar-refractivity contribution in [2.75, 3.05) is 5.43 Å². The van der Waals surface area contributed by atoms with Crippen LogP contribution in [0.1, 0.15) is 5.56 Å². The first-order chi connectivity index (χ1) is 4.74. The zero-order valence-electron chi connectivity index (χ0n) is 6.16. The topological polar surface area (TPSA) is 58.3 Å². The number of nitrogens with two attached hydrogens (primary N) is 1. The fraction of sp³-hybridized carbons (Fsp3) is 0.143. The van der Waals surface area contributed by atoms with E-state index in [1.54, 1.807) is 18.2 Å². The summed E-state index contributed by atoms with van der Waals surface area (Å²) in [6, 6.07) is 5.00. The highest BCUT2D eigenvalue weighted by Crippen LogP contribution is 2.18. The van der Waals surface area contributed by atoms with Gasteiger partial charge in [-0.05, 0) is 18.6 Å². The third kappa shape index (κ3) is 2.29. The van der Waals surface area contributed by atoms with Crippen molar-refractivity contribution in [1.29, 1.82) is 0 Å². The number of aromatic hydroxyl groups is 1. The van der Waals surface area contributed by atoms with Crippen LogP contribution in [0.2, 0.25) is 0 Å². The summed E-state index contributed by atoms with van der Waals surface area (Å²) in [4.78, 5) is 0. The van der Waals surface area contributed by atoms with Crippen molar-refractivity contribution in [2.24, 2.45) is 5.84 Å². The highest BCUT2D eigenvalue weighted by atomic mass is 35.5. The first-order valence-corrected chi connectivity index (χ1v) is 3.00. The molecular formula is C7H11ClN2O. The number of hydrogen-bond donors (Lipinski definition) is 3. The molecule has 0 aliphatic heterocycles. The van der Waals surface area contributed by atoms with Crippen LogP contribution in [-0.2, 0) is 0 Å². The molecule has 0 fully saturated rings. The maximum Gasteiger partial charge on any atom is 0.117 e. The largest absolute Gasteiger partial charge is 0.508 e. The molecule has 1 aromatic rings. The second-order valence-electron chi connectivity index (χ2n) is 2.14. The third-order valence-electron chi connectivity index (χ3n) is 1.38. The summed E-state index contributed by atoms with van der Waals surface area (Å²) in [5.74, 6) is 5.38. The van der Waals surface area contributed by atoms with Crippen LogP contribution in [0.4, 0.5) is 5.69 Å². The molecule has 0 aromatic heterocycles. The fourth-order valence-corrected chi connectivity index (χ4v) is 0.765. The Bertz CT molecular complexity index is 240. The van der Waals surface area contributed by atoms with Crippen molar-refractivity contribution >= 4 is 18.1 Å². The summed E-state index contributed by atoms with van der Waals surface area (Å²) < 4.78 is 0. The maximum atomic E-state index is 8.97. The summed E-state index contributed by atoms with van der Waals surface area (Å²) in [5.41, 5.74) is 4.24. The van der Waals surface area contributed by atoms with Crippen LogP contribution in [0.5, 0.6) is 5.75 Å². The minimum atomic E-state index is 0. The van der Waals surface area contributed by atoms with E-state index in [9.17, 15) is 0 Å². The first kappa shape index (κ1) is 10.1. The predicted molar refractivity (Wildman–Crippen MR) is 47.9 cm³/mol. The summed E-state index contributed by atoms with van der Waals surface area (Å²) >= 11 is 0. The fourth-order valence-electron chi connectivity index (χ4n) is 0.765. The minimum absolute atomic E-state index is 0. The Morgan fingerprint density at radius 3 is 2.55 bits per heavy atom. The first-order valence-electron chi connectivity index (χ1n) is 3.00. The van der Waals surface area contributed by atoms with E-state index < -0.39 is 0 Å². The number of anilines is 1. The van der Waals surface area contributed by atoms with Gasteiger partial charge < -0.3 is 10.5 Å². The molecule has 0 aliphatic carbocycles. The number of hydrazine groups is 1. The summed E-state index contributed by atoms with van der Waals surface area (Å²) in [6.45, 7) is 1.91. The van der Waals surface area contributed by atoms with Gasteiger partial charge >= 0.3 is 0 Å². The molecule has 1 aromatic carbocycles. The standard InChI is InChI=1S/C7H10N2O.ClH/c1-5-2-3-6(10)4-7(5)9-8;/h2-4,9-10H,8H2,1H3;1H. The zero-order valence-corrected chi connectivity index (χ0v) is 6.98. The second-order valence-corrected chi connectivity index (χ2v) is 2.14. The molecule has 1 rings (SSSR count). The van der Waals surface area contributed by atoms with Crippen LogP contribution in [-0.4, -0.2) is 5.11 Å². The molecular weight excluding hydrogens is 164 g/mol. The average molecular weight is 175 g/mol. The molecule has 4 N–H and O–H groups in total. The highest BCUT2D eigenvalue weighted by molar-refractivity contribution is 5.85. The van der Waals surface area contributed by atoms with Gasteiger partial charge in [-0.1, -0.05) is 6.07 Å². The number of rotatable bonds is 1. The molecule has 0 atom stereocenters.